The van der Waals surface area contributed by atoms with Crippen LogP contribution >= 0.6 is 0 Å². The van der Waals surface area contributed by atoms with E-state index in [-0.39, 0.29) is 5.97 Å². The van der Waals surface area contributed by atoms with Crippen LogP contribution in [0.25, 0.3) is 0 Å². The first-order valence-corrected chi connectivity index (χ1v) is 7.19. The van der Waals surface area contributed by atoms with Gasteiger partial charge in [-0.25, -0.2) is 0 Å². The van der Waals surface area contributed by atoms with Crippen LogP contribution < -0.4 is 0 Å². The second kappa shape index (κ2) is 7.03. The molecule has 17 heavy (non-hydrogen) atoms. The summed E-state index contributed by atoms with van der Waals surface area (Å²) in [6.45, 7) is 7.41. The predicted molar refractivity (Wildman–Crippen MR) is 70.8 cm³/mol. The molecule has 0 unspecified atom stereocenters. The highest BCUT2D eigenvalue weighted by Gasteiger charge is 2.26. The van der Waals surface area contributed by atoms with E-state index in [1.165, 1.54) is 25.7 Å². The molecule has 1 rings (SSSR count). The number of hydrogen-bond donors (Lipinski definition) is 0. The number of ether oxygens (including phenoxy) is 1. The molecule has 0 amide bonds. The average Bonchev–Trinajstić information content (AvgIpc) is 2.28. The van der Waals surface area contributed by atoms with Gasteiger partial charge in [0.15, 0.2) is 0 Å². The van der Waals surface area contributed by atoms with Crippen molar-refractivity contribution in [3.8, 4) is 0 Å². The molecule has 1 aliphatic carbocycles. The molecule has 0 aliphatic heterocycles. The zero-order valence-electron chi connectivity index (χ0n) is 11.8. The molecule has 1 saturated carbocycles. The summed E-state index contributed by atoms with van der Waals surface area (Å²) in [6, 6.07) is 0. The van der Waals surface area contributed by atoms with Crippen molar-refractivity contribution in [2.75, 3.05) is 6.61 Å². The van der Waals surface area contributed by atoms with E-state index < -0.39 is 0 Å². The van der Waals surface area contributed by atoms with Gasteiger partial charge in [0.25, 0.3) is 0 Å². The van der Waals surface area contributed by atoms with Gasteiger partial charge in [0, 0.05) is 6.42 Å². The molecule has 0 spiro atoms. The van der Waals surface area contributed by atoms with Gasteiger partial charge in [-0.2, -0.15) is 0 Å². The lowest BCUT2D eigenvalue weighted by Gasteiger charge is -2.34. The van der Waals surface area contributed by atoms with Crippen LogP contribution in [0.15, 0.2) is 0 Å². The molecule has 2 heteroatoms. The second-order valence-corrected chi connectivity index (χ2v) is 6.22. The van der Waals surface area contributed by atoms with Crippen LogP contribution in [-0.4, -0.2) is 12.6 Å². The Morgan fingerprint density at radius 3 is 2.53 bits per heavy atom. The summed E-state index contributed by atoms with van der Waals surface area (Å²) in [4.78, 5) is 11.5. The summed E-state index contributed by atoms with van der Waals surface area (Å²) < 4.78 is 5.18. The van der Waals surface area contributed by atoms with E-state index in [2.05, 4.69) is 20.8 Å². The average molecular weight is 240 g/mol. The first-order valence-electron chi connectivity index (χ1n) is 7.19. The molecule has 0 saturated heterocycles. The summed E-state index contributed by atoms with van der Waals surface area (Å²) in [5, 5.41) is 0. The van der Waals surface area contributed by atoms with Crippen LogP contribution in [0, 0.1) is 11.3 Å². The molecule has 0 bridgehead atoms. The molecule has 0 aromatic carbocycles. The lowest BCUT2D eigenvalue weighted by Crippen LogP contribution is -2.21. The first kappa shape index (κ1) is 14.5. The Labute approximate surface area is 106 Å². The summed E-state index contributed by atoms with van der Waals surface area (Å²) in [7, 11) is 0. The number of carbonyl (C=O) groups excluding carboxylic acids is 1. The fourth-order valence-electron chi connectivity index (χ4n) is 2.47. The number of unbranched alkanes of at least 4 members (excludes halogenated alkanes) is 1. The van der Waals surface area contributed by atoms with Crippen molar-refractivity contribution in [1.29, 1.82) is 0 Å². The van der Waals surface area contributed by atoms with E-state index in [1.54, 1.807) is 0 Å². The molecule has 2 nitrogen and oxygen atoms in total. The molecular formula is C15H28O2. The van der Waals surface area contributed by atoms with Crippen molar-refractivity contribution in [2.45, 2.75) is 72.1 Å². The van der Waals surface area contributed by atoms with Crippen molar-refractivity contribution < 1.29 is 9.53 Å². The van der Waals surface area contributed by atoms with Gasteiger partial charge in [0.1, 0.15) is 0 Å². The summed E-state index contributed by atoms with van der Waals surface area (Å²) in [5.74, 6) is 0.755. The third-order valence-electron chi connectivity index (χ3n) is 3.98. The number of carbonyl (C=O) groups is 1. The van der Waals surface area contributed by atoms with E-state index >= 15 is 0 Å². The zero-order valence-corrected chi connectivity index (χ0v) is 11.8. The molecule has 100 valence electrons. The van der Waals surface area contributed by atoms with E-state index in [0.29, 0.717) is 18.4 Å². The SMILES string of the molecule is CCCCOC(=O)CCC1CCC(C)(C)CC1. The quantitative estimate of drug-likeness (QED) is 0.510. The van der Waals surface area contributed by atoms with Gasteiger partial charge in [-0.15, -0.1) is 0 Å². The Kier molecular flexibility index (Phi) is 6.01. The number of hydrogen-bond acceptors (Lipinski definition) is 2. The highest BCUT2D eigenvalue weighted by atomic mass is 16.5. The Hall–Kier alpha value is -0.530. The molecule has 0 aromatic heterocycles. The minimum atomic E-state index is 0.00304. The largest absolute Gasteiger partial charge is 0.466 e. The molecule has 1 fully saturated rings. The molecule has 0 aromatic rings. The monoisotopic (exact) mass is 240 g/mol. The standard InChI is InChI=1S/C15H28O2/c1-4-5-12-17-14(16)7-6-13-8-10-15(2,3)11-9-13/h13H,4-12H2,1-3H3. The van der Waals surface area contributed by atoms with Gasteiger partial charge in [-0.3, -0.25) is 4.79 Å². The van der Waals surface area contributed by atoms with Crippen LogP contribution in [0.2, 0.25) is 0 Å². The maximum atomic E-state index is 11.5. The molecule has 0 N–H and O–H groups in total. The minimum Gasteiger partial charge on any atom is -0.466 e. The molecule has 1 aliphatic rings. The van der Waals surface area contributed by atoms with E-state index in [4.69, 9.17) is 4.74 Å². The van der Waals surface area contributed by atoms with Gasteiger partial charge in [-0.05, 0) is 49.9 Å². The van der Waals surface area contributed by atoms with Gasteiger partial charge >= 0.3 is 5.97 Å². The van der Waals surface area contributed by atoms with Crippen LogP contribution in [-0.2, 0) is 9.53 Å². The second-order valence-electron chi connectivity index (χ2n) is 6.22. The Balaban J connectivity index is 2.09. The third-order valence-corrected chi connectivity index (χ3v) is 3.98. The molecule has 0 heterocycles. The smallest absolute Gasteiger partial charge is 0.305 e. The van der Waals surface area contributed by atoms with Gasteiger partial charge in [-0.1, -0.05) is 27.2 Å². The lowest BCUT2D eigenvalue weighted by molar-refractivity contribution is -0.144. The highest BCUT2D eigenvalue weighted by molar-refractivity contribution is 5.69. The van der Waals surface area contributed by atoms with E-state index in [0.717, 1.165) is 25.2 Å². The summed E-state index contributed by atoms with van der Waals surface area (Å²) in [6.07, 6.45) is 8.92. The van der Waals surface area contributed by atoms with Crippen molar-refractivity contribution in [3.63, 3.8) is 0 Å². The molecule has 0 radical (unpaired) electrons. The zero-order chi connectivity index (χ0) is 12.7. The summed E-state index contributed by atoms with van der Waals surface area (Å²) >= 11 is 0. The fourth-order valence-corrected chi connectivity index (χ4v) is 2.47. The van der Waals surface area contributed by atoms with E-state index in [1.807, 2.05) is 0 Å². The molecular weight excluding hydrogens is 212 g/mol. The Morgan fingerprint density at radius 1 is 1.29 bits per heavy atom. The van der Waals surface area contributed by atoms with Crippen LogP contribution in [0.3, 0.4) is 0 Å². The summed E-state index contributed by atoms with van der Waals surface area (Å²) in [5.41, 5.74) is 0.526. The highest BCUT2D eigenvalue weighted by Crippen LogP contribution is 2.39. The van der Waals surface area contributed by atoms with Crippen LogP contribution in [0.4, 0.5) is 0 Å². The Morgan fingerprint density at radius 2 is 1.94 bits per heavy atom. The first-order chi connectivity index (χ1) is 8.03. The normalized spacial score (nSPS) is 20.2. The third kappa shape index (κ3) is 6.09. The maximum absolute atomic E-state index is 11.5. The van der Waals surface area contributed by atoms with Crippen molar-refractivity contribution >= 4 is 5.97 Å². The van der Waals surface area contributed by atoms with Crippen LogP contribution in [0.1, 0.15) is 72.1 Å². The number of rotatable bonds is 6. The minimum absolute atomic E-state index is 0.00304. The fraction of sp³-hybridized carbons (Fsp3) is 0.933. The van der Waals surface area contributed by atoms with Gasteiger partial charge in [0.05, 0.1) is 6.61 Å². The topological polar surface area (TPSA) is 26.3 Å². The number of esters is 1. The predicted octanol–water partition coefficient (Wildman–Crippen LogP) is 4.33. The van der Waals surface area contributed by atoms with Crippen molar-refractivity contribution in [1.82, 2.24) is 0 Å². The van der Waals surface area contributed by atoms with Gasteiger partial charge < -0.3 is 4.74 Å². The van der Waals surface area contributed by atoms with E-state index in [9.17, 15) is 4.79 Å². The Bertz CT molecular complexity index is 223. The van der Waals surface area contributed by atoms with Crippen LogP contribution in [0.5, 0.6) is 0 Å². The van der Waals surface area contributed by atoms with Gasteiger partial charge in [0.2, 0.25) is 0 Å². The van der Waals surface area contributed by atoms with Crippen molar-refractivity contribution in [3.05, 3.63) is 0 Å². The maximum Gasteiger partial charge on any atom is 0.305 e. The van der Waals surface area contributed by atoms with Crippen molar-refractivity contribution in [2.24, 2.45) is 11.3 Å². The lowest BCUT2D eigenvalue weighted by atomic mass is 9.72. The molecule has 0 atom stereocenters.